The Labute approximate surface area is 99.2 Å². The third kappa shape index (κ3) is 2.22. The molecule has 0 bridgehead atoms. The van der Waals surface area contributed by atoms with Crippen LogP contribution in [0.2, 0.25) is 0 Å². The highest BCUT2D eigenvalue weighted by Crippen LogP contribution is 2.30. The minimum absolute atomic E-state index is 0.0259. The van der Waals surface area contributed by atoms with Gasteiger partial charge in [0.2, 0.25) is 5.91 Å². The van der Waals surface area contributed by atoms with Crippen LogP contribution < -0.4 is 10.6 Å². The zero-order valence-electron chi connectivity index (χ0n) is 9.74. The number of benzene rings is 1. The molecule has 2 N–H and O–H groups in total. The van der Waals surface area contributed by atoms with E-state index in [4.69, 9.17) is 4.74 Å². The second-order valence-corrected chi connectivity index (χ2v) is 4.02. The van der Waals surface area contributed by atoms with Gasteiger partial charge in [-0.3, -0.25) is 4.79 Å². The molecule has 17 heavy (non-hydrogen) atoms. The van der Waals surface area contributed by atoms with Crippen LogP contribution in [-0.2, 0) is 9.53 Å². The highest BCUT2D eigenvalue weighted by atomic mass is 16.5. The molecule has 1 amide bonds. The van der Waals surface area contributed by atoms with Gasteiger partial charge in [0.1, 0.15) is 0 Å². The summed E-state index contributed by atoms with van der Waals surface area (Å²) in [6.07, 6.45) is 0.370. The maximum absolute atomic E-state index is 11.6. The molecule has 1 aromatic carbocycles. The molecule has 2 rings (SSSR count). The van der Waals surface area contributed by atoms with Gasteiger partial charge in [0.25, 0.3) is 0 Å². The number of anilines is 2. The van der Waals surface area contributed by atoms with Gasteiger partial charge in [-0.2, -0.15) is 0 Å². The monoisotopic (exact) mass is 234 g/mol. The maximum Gasteiger partial charge on any atom is 0.340 e. The van der Waals surface area contributed by atoms with E-state index >= 15 is 0 Å². The van der Waals surface area contributed by atoms with Crippen molar-refractivity contribution in [3.63, 3.8) is 0 Å². The number of amides is 1. The Hall–Kier alpha value is -2.04. The summed E-state index contributed by atoms with van der Waals surface area (Å²) in [4.78, 5) is 23.2. The first-order chi connectivity index (χ1) is 8.11. The third-order valence-electron chi connectivity index (χ3n) is 2.63. The standard InChI is InChI=1S/C12H14N2O3/c1-7-6-10(15)14-9-5-3-4-8(11(9)13-7)12(16)17-2/h3-5,7,13H,6H2,1-2H3,(H,14,15). The zero-order valence-corrected chi connectivity index (χ0v) is 9.74. The fourth-order valence-corrected chi connectivity index (χ4v) is 1.87. The van der Waals surface area contributed by atoms with Gasteiger partial charge in [0, 0.05) is 12.5 Å². The summed E-state index contributed by atoms with van der Waals surface area (Å²) in [6.45, 7) is 1.89. The van der Waals surface area contributed by atoms with Gasteiger partial charge in [-0.15, -0.1) is 0 Å². The fourth-order valence-electron chi connectivity index (χ4n) is 1.87. The highest BCUT2D eigenvalue weighted by Gasteiger charge is 2.22. The molecule has 90 valence electrons. The number of ether oxygens (including phenoxy) is 1. The average molecular weight is 234 g/mol. The Balaban J connectivity index is 2.49. The van der Waals surface area contributed by atoms with Crippen molar-refractivity contribution in [3.05, 3.63) is 23.8 Å². The molecule has 1 aliphatic heterocycles. The fraction of sp³-hybridized carbons (Fsp3) is 0.333. The van der Waals surface area contributed by atoms with Gasteiger partial charge >= 0.3 is 5.97 Å². The van der Waals surface area contributed by atoms with E-state index in [0.29, 0.717) is 23.4 Å². The number of para-hydroxylation sites is 1. The summed E-state index contributed by atoms with van der Waals surface area (Å²) in [7, 11) is 1.33. The smallest absolute Gasteiger partial charge is 0.340 e. The van der Waals surface area contributed by atoms with Crippen molar-refractivity contribution >= 4 is 23.3 Å². The van der Waals surface area contributed by atoms with Crippen LogP contribution in [0, 0.1) is 0 Å². The molecule has 1 heterocycles. The summed E-state index contributed by atoms with van der Waals surface area (Å²) in [5.74, 6) is -0.483. The topological polar surface area (TPSA) is 67.4 Å². The Kier molecular flexibility index (Phi) is 2.99. The number of carbonyl (C=O) groups excluding carboxylic acids is 2. The molecule has 5 nitrogen and oxygen atoms in total. The predicted molar refractivity (Wildman–Crippen MR) is 64.1 cm³/mol. The molecule has 1 aliphatic rings. The maximum atomic E-state index is 11.6. The molecule has 0 aliphatic carbocycles. The van der Waals surface area contributed by atoms with Crippen molar-refractivity contribution in [2.45, 2.75) is 19.4 Å². The molecular weight excluding hydrogens is 220 g/mol. The normalized spacial score (nSPS) is 18.5. The van der Waals surface area contributed by atoms with Gasteiger partial charge in [-0.05, 0) is 19.1 Å². The number of rotatable bonds is 1. The first kappa shape index (κ1) is 11.4. The van der Waals surface area contributed by atoms with Gasteiger partial charge in [0.05, 0.1) is 24.0 Å². The van der Waals surface area contributed by atoms with Crippen molar-refractivity contribution in [3.8, 4) is 0 Å². The molecule has 1 aromatic rings. The molecule has 0 radical (unpaired) electrons. The van der Waals surface area contributed by atoms with Crippen LogP contribution in [0.4, 0.5) is 11.4 Å². The summed E-state index contributed by atoms with van der Waals surface area (Å²) in [6, 6.07) is 5.11. The van der Waals surface area contributed by atoms with E-state index in [9.17, 15) is 9.59 Å². The van der Waals surface area contributed by atoms with Crippen LogP contribution in [0.15, 0.2) is 18.2 Å². The summed E-state index contributed by atoms with van der Waals surface area (Å²) >= 11 is 0. The van der Waals surface area contributed by atoms with E-state index in [-0.39, 0.29) is 11.9 Å². The van der Waals surface area contributed by atoms with Crippen LogP contribution in [0.1, 0.15) is 23.7 Å². The molecule has 0 fully saturated rings. The number of hydrogen-bond donors (Lipinski definition) is 2. The Morgan fingerprint density at radius 3 is 2.94 bits per heavy atom. The molecule has 0 saturated carbocycles. The largest absolute Gasteiger partial charge is 0.465 e. The summed E-state index contributed by atoms with van der Waals surface area (Å²) in [5, 5.41) is 5.92. The van der Waals surface area contributed by atoms with Crippen LogP contribution in [0.5, 0.6) is 0 Å². The number of nitrogens with one attached hydrogen (secondary N) is 2. The number of carbonyl (C=O) groups is 2. The first-order valence-electron chi connectivity index (χ1n) is 5.39. The zero-order chi connectivity index (χ0) is 12.4. The van der Waals surface area contributed by atoms with E-state index < -0.39 is 5.97 Å². The number of methoxy groups -OCH3 is 1. The van der Waals surface area contributed by atoms with Crippen molar-refractivity contribution in [2.24, 2.45) is 0 Å². The quantitative estimate of drug-likeness (QED) is 0.724. The second kappa shape index (κ2) is 4.45. The third-order valence-corrected chi connectivity index (χ3v) is 2.63. The van der Waals surface area contributed by atoms with Crippen LogP contribution in [-0.4, -0.2) is 25.0 Å². The lowest BCUT2D eigenvalue weighted by molar-refractivity contribution is -0.116. The lowest BCUT2D eigenvalue weighted by atomic mass is 10.1. The van der Waals surface area contributed by atoms with Crippen molar-refractivity contribution in [1.29, 1.82) is 0 Å². The SMILES string of the molecule is COC(=O)c1cccc2c1NC(C)CC(=O)N2. The van der Waals surface area contributed by atoms with E-state index in [1.54, 1.807) is 18.2 Å². The van der Waals surface area contributed by atoms with E-state index in [1.165, 1.54) is 7.11 Å². The van der Waals surface area contributed by atoms with Gasteiger partial charge in [-0.25, -0.2) is 4.79 Å². The van der Waals surface area contributed by atoms with E-state index in [0.717, 1.165) is 0 Å². The molecular formula is C12H14N2O3. The molecule has 0 aromatic heterocycles. The Morgan fingerprint density at radius 2 is 2.24 bits per heavy atom. The van der Waals surface area contributed by atoms with Crippen molar-refractivity contribution < 1.29 is 14.3 Å². The van der Waals surface area contributed by atoms with Crippen LogP contribution >= 0.6 is 0 Å². The Morgan fingerprint density at radius 1 is 1.47 bits per heavy atom. The van der Waals surface area contributed by atoms with Gasteiger partial charge in [0.15, 0.2) is 0 Å². The average Bonchev–Trinajstić information content (AvgIpc) is 2.43. The minimum atomic E-state index is -0.419. The highest BCUT2D eigenvalue weighted by molar-refractivity contribution is 6.04. The first-order valence-corrected chi connectivity index (χ1v) is 5.39. The molecule has 1 atom stereocenters. The predicted octanol–water partition coefficient (Wildman–Crippen LogP) is 1.62. The molecule has 0 saturated heterocycles. The summed E-state index contributed by atoms with van der Waals surface area (Å²) in [5.41, 5.74) is 1.67. The lowest BCUT2D eigenvalue weighted by Gasteiger charge is -2.14. The van der Waals surface area contributed by atoms with Crippen molar-refractivity contribution in [2.75, 3.05) is 17.7 Å². The van der Waals surface area contributed by atoms with Gasteiger partial charge in [-0.1, -0.05) is 6.07 Å². The number of esters is 1. The Bertz CT molecular complexity index is 471. The summed E-state index contributed by atoms with van der Waals surface area (Å²) < 4.78 is 4.71. The van der Waals surface area contributed by atoms with E-state index in [2.05, 4.69) is 10.6 Å². The molecule has 5 heteroatoms. The molecule has 0 spiro atoms. The van der Waals surface area contributed by atoms with Gasteiger partial charge < -0.3 is 15.4 Å². The van der Waals surface area contributed by atoms with Crippen LogP contribution in [0.25, 0.3) is 0 Å². The van der Waals surface area contributed by atoms with E-state index in [1.807, 2.05) is 6.92 Å². The second-order valence-electron chi connectivity index (χ2n) is 4.02. The number of fused-ring (bicyclic) bond motifs is 1. The minimum Gasteiger partial charge on any atom is -0.465 e. The molecule has 1 unspecified atom stereocenters. The van der Waals surface area contributed by atoms with Crippen molar-refractivity contribution in [1.82, 2.24) is 0 Å². The lowest BCUT2D eigenvalue weighted by Crippen LogP contribution is -2.19. The van der Waals surface area contributed by atoms with Crippen LogP contribution in [0.3, 0.4) is 0 Å². The number of hydrogen-bond acceptors (Lipinski definition) is 4.